The van der Waals surface area contributed by atoms with E-state index in [1.807, 2.05) is 37.4 Å². The SMILES string of the molecule is CCOCC(=O)Nc1ccc2[nH]ccc2c1. The summed E-state index contributed by atoms with van der Waals surface area (Å²) in [4.78, 5) is 14.5. The third-order valence-electron chi connectivity index (χ3n) is 2.27. The molecule has 0 aliphatic carbocycles. The number of aromatic nitrogens is 1. The van der Waals surface area contributed by atoms with Gasteiger partial charge in [-0.2, -0.15) is 0 Å². The van der Waals surface area contributed by atoms with Gasteiger partial charge in [-0.3, -0.25) is 4.79 Å². The number of hydrogen-bond donors (Lipinski definition) is 2. The third kappa shape index (κ3) is 2.41. The summed E-state index contributed by atoms with van der Waals surface area (Å²) in [5, 5.41) is 3.86. The highest BCUT2D eigenvalue weighted by atomic mass is 16.5. The molecule has 0 bridgehead atoms. The third-order valence-corrected chi connectivity index (χ3v) is 2.27. The topological polar surface area (TPSA) is 54.1 Å². The fraction of sp³-hybridized carbons (Fsp3) is 0.250. The van der Waals surface area contributed by atoms with E-state index in [0.717, 1.165) is 16.6 Å². The van der Waals surface area contributed by atoms with Crippen molar-refractivity contribution >= 4 is 22.5 Å². The molecular weight excluding hydrogens is 204 g/mol. The van der Waals surface area contributed by atoms with Crippen molar-refractivity contribution in [3.8, 4) is 0 Å². The Balaban J connectivity index is 2.06. The van der Waals surface area contributed by atoms with E-state index >= 15 is 0 Å². The van der Waals surface area contributed by atoms with Crippen molar-refractivity contribution in [2.75, 3.05) is 18.5 Å². The van der Waals surface area contributed by atoms with Crippen LogP contribution in [-0.4, -0.2) is 24.1 Å². The summed E-state index contributed by atoms with van der Waals surface area (Å²) in [6.07, 6.45) is 1.87. The number of benzene rings is 1. The van der Waals surface area contributed by atoms with E-state index in [4.69, 9.17) is 4.74 Å². The van der Waals surface area contributed by atoms with Gasteiger partial charge in [-0.05, 0) is 31.2 Å². The van der Waals surface area contributed by atoms with Gasteiger partial charge in [-0.25, -0.2) is 0 Å². The number of H-pyrrole nitrogens is 1. The van der Waals surface area contributed by atoms with Crippen LogP contribution >= 0.6 is 0 Å². The second kappa shape index (κ2) is 4.81. The fourth-order valence-electron chi connectivity index (χ4n) is 1.52. The number of ether oxygens (including phenoxy) is 1. The number of carbonyl (C=O) groups is 1. The molecule has 0 aliphatic rings. The smallest absolute Gasteiger partial charge is 0.250 e. The van der Waals surface area contributed by atoms with Crippen LogP contribution in [0.25, 0.3) is 10.9 Å². The van der Waals surface area contributed by atoms with Crippen molar-refractivity contribution in [2.45, 2.75) is 6.92 Å². The van der Waals surface area contributed by atoms with Gasteiger partial charge in [0.1, 0.15) is 6.61 Å². The molecule has 0 fully saturated rings. The van der Waals surface area contributed by atoms with Gasteiger partial charge in [0.2, 0.25) is 5.91 Å². The monoisotopic (exact) mass is 218 g/mol. The Kier molecular flexibility index (Phi) is 3.22. The lowest BCUT2D eigenvalue weighted by Crippen LogP contribution is -2.18. The van der Waals surface area contributed by atoms with Crippen LogP contribution in [0.3, 0.4) is 0 Å². The Morgan fingerprint density at radius 3 is 3.12 bits per heavy atom. The number of aromatic amines is 1. The fourth-order valence-corrected chi connectivity index (χ4v) is 1.52. The maximum atomic E-state index is 11.4. The number of carbonyl (C=O) groups excluding carboxylic acids is 1. The molecule has 4 heteroatoms. The number of fused-ring (bicyclic) bond motifs is 1. The zero-order valence-electron chi connectivity index (χ0n) is 9.12. The van der Waals surface area contributed by atoms with Crippen LogP contribution in [0.5, 0.6) is 0 Å². The minimum Gasteiger partial charge on any atom is -0.372 e. The van der Waals surface area contributed by atoms with Crippen molar-refractivity contribution in [1.29, 1.82) is 0 Å². The summed E-state index contributed by atoms with van der Waals surface area (Å²) in [6.45, 7) is 2.51. The highest BCUT2D eigenvalue weighted by Gasteiger charge is 2.02. The second-order valence-corrected chi connectivity index (χ2v) is 3.47. The molecule has 0 unspecified atom stereocenters. The molecular formula is C12H14N2O2. The van der Waals surface area contributed by atoms with Crippen molar-refractivity contribution in [2.24, 2.45) is 0 Å². The Hall–Kier alpha value is -1.81. The van der Waals surface area contributed by atoms with Crippen molar-refractivity contribution in [1.82, 2.24) is 4.98 Å². The Labute approximate surface area is 93.6 Å². The van der Waals surface area contributed by atoms with E-state index in [9.17, 15) is 4.79 Å². The van der Waals surface area contributed by atoms with Crippen molar-refractivity contribution in [3.63, 3.8) is 0 Å². The van der Waals surface area contributed by atoms with Gasteiger partial charge in [0.15, 0.2) is 0 Å². The summed E-state index contributed by atoms with van der Waals surface area (Å²) < 4.78 is 5.02. The molecule has 1 heterocycles. The highest BCUT2D eigenvalue weighted by molar-refractivity contribution is 5.94. The molecule has 84 valence electrons. The molecule has 16 heavy (non-hydrogen) atoms. The Morgan fingerprint density at radius 2 is 2.31 bits per heavy atom. The van der Waals surface area contributed by atoms with Crippen LogP contribution in [-0.2, 0) is 9.53 Å². The number of anilines is 1. The molecule has 1 aromatic heterocycles. The minimum absolute atomic E-state index is 0.0989. The van der Waals surface area contributed by atoms with Gasteiger partial charge < -0.3 is 15.0 Å². The largest absolute Gasteiger partial charge is 0.372 e. The lowest BCUT2D eigenvalue weighted by molar-refractivity contribution is -0.120. The average molecular weight is 218 g/mol. The van der Waals surface area contributed by atoms with Crippen LogP contribution < -0.4 is 5.32 Å². The maximum absolute atomic E-state index is 11.4. The molecule has 0 spiro atoms. The number of nitrogens with one attached hydrogen (secondary N) is 2. The Bertz CT molecular complexity index is 490. The first-order valence-electron chi connectivity index (χ1n) is 5.24. The first-order chi connectivity index (χ1) is 7.79. The molecule has 2 N–H and O–H groups in total. The summed E-state index contributed by atoms with van der Waals surface area (Å²) in [5.41, 5.74) is 1.85. The minimum atomic E-state index is -0.128. The van der Waals surface area contributed by atoms with Crippen LogP contribution in [0.15, 0.2) is 30.5 Å². The van der Waals surface area contributed by atoms with Gasteiger partial charge >= 0.3 is 0 Å². The normalized spacial score (nSPS) is 10.6. The second-order valence-electron chi connectivity index (χ2n) is 3.47. The summed E-state index contributed by atoms with van der Waals surface area (Å²) in [5.74, 6) is -0.128. The number of rotatable bonds is 4. The molecule has 0 saturated carbocycles. The molecule has 0 radical (unpaired) electrons. The van der Waals surface area contributed by atoms with Gasteiger partial charge in [-0.15, -0.1) is 0 Å². The average Bonchev–Trinajstić information content (AvgIpc) is 2.73. The quantitative estimate of drug-likeness (QED) is 0.826. The molecule has 1 amide bonds. The van der Waals surface area contributed by atoms with E-state index in [1.165, 1.54) is 0 Å². The molecule has 0 aliphatic heterocycles. The summed E-state index contributed by atoms with van der Waals surface area (Å²) in [7, 11) is 0. The first kappa shape index (κ1) is 10.7. The van der Waals surface area contributed by atoms with E-state index in [2.05, 4.69) is 10.3 Å². The predicted octanol–water partition coefficient (Wildman–Crippen LogP) is 2.14. The predicted molar refractivity (Wildman–Crippen MR) is 63.4 cm³/mol. The molecule has 2 rings (SSSR count). The van der Waals surface area contributed by atoms with E-state index < -0.39 is 0 Å². The van der Waals surface area contributed by atoms with Gasteiger partial charge in [-0.1, -0.05) is 0 Å². The lowest BCUT2D eigenvalue weighted by Gasteiger charge is -2.05. The molecule has 0 atom stereocenters. The standard InChI is InChI=1S/C12H14N2O2/c1-2-16-8-12(15)14-10-3-4-11-9(7-10)5-6-13-11/h3-7,13H,2,8H2,1H3,(H,14,15). The van der Waals surface area contributed by atoms with E-state index in [1.54, 1.807) is 0 Å². The Morgan fingerprint density at radius 1 is 1.44 bits per heavy atom. The summed E-state index contributed by atoms with van der Waals surface area (Å²) in [6, 6.07) is 7.69. The summed E-state index contributed by atoms with van der Waals surface area (Å²) >= 11 is 0. The highest BCUT2D eigenvalue weighted by Crippen LogP contribution is 2.17. The van der Waals surface area contributed by atoms with Crippen molar-refractivity contribution in [3.05, 3.63) is 30.5 Å². The molecule has 0 saturated heterocycles. The van der Waals surface area contributed by atoms with E-state index in [-0.39, 0.29) is 12.5 Å². The van der Waals surface area contributed by atoms with Gasteiger partial charge in [0.05, 0.1) is 0 Å². The van der Waals surface area contributed by atoms with Gasteiger partial charge in [0.25, 0.3) is 0 Å². The van der Waals surface area contributed by atoms with E-state index in [0.29, 0.717) is 6.61 Å². The lowest BCUT2D eigenvalue weighted by atomic mass is 10.2. The zero-order chi connectivity index (χ0) is 11.4. The molecule has 2 aromatic rings. The van der Waals surface area contributed by atoms with Crippen LogP contribution in [0.2, 0.25) is 0 Å². The van der Waals surface area contributed by atoms with Gasteiger partial charge in [0, 0.05) is 29.4 Å². The number of amides is 1. The first-order valence-corrected chi connectivity index (χ1v) is 5.24. The van der Waals surface area contributed by atoms with Crippen LogP contribution in [0.4, 0.5) is 5.69 Å². The van der Waals surface area contributed by atoms with Crippen LogP contribution in [0.1, 0.15) is 6.92 Å². The van der Waals surface area contributed by atoms with Crippen LogP contribution in [0, 0.1) is 0 Å². The maximum Gasteiger partial charge on any atom is 0.250 e. The zero-order valence-corrected chi connectivity index (χ0v) is 9.12. The number of hydrogen-bond acceptors (Lipinski definition) is 2. The van der Waals surface area contributed by atoms with Crippen molar-refractivity contribution < 1.29 is 9.53 Å². The molecule has 4 nitrogen and oxygen atoms in total. The molecule has 1 aromatic carbocycles.